The SMILES string of the molecule is O=C(Nc1ccccc1OCC(F)(F)F)c1ccnc(C(=O)O)c1. The van der Waals surface area contributed by atoms with Crippen LogP contribution in [0.1, 0.15) is 20.8 Å². The molecule has 0 aliphatic heterocycles. The van der Waals surface area contributed by atoms with Gasteiger partial charge in [-0.25, -0.2) is 9.78 Å². The maximum atomic E-state index is 12.2. The van der Waals surface area contributed by atoms with Gasteiger partial charge in [0, 0.05) is 11.8 Å². The molecular formula is C15H11F3N2O4. The summed E-state index contributed by atoms with van der Waals surface area (Å²) in [4.78, 5) is 26.6. The Labute approximate surface area is 133 Å². The summed E-state index contributed by atoms with van der Waals surface area (Å²) in [5.74, 6) is -2.17. The topological polar surface area (TPSA) is 88.5 Å². The van der Waals surface area contributed by atoms with Gasteiger partial charge in [-0.1, -0.05) is 12.1 Å². The van der Waals surface area contributed by atoms with Gasteiger partial charge in [0.15, 0.2) is 6.61 Å². The summed E-state index contributed by atoms with van der Waals surface area (Å²) in [6, 6.07) is 7.93. The number of hydrogen-bond acceptors (Lipinski definition) is 4. The van der Waals surface area contributed by atoms with Crippen molar-refractivity contribution in [2.24, 2.45) is 0 Å². The van der Waals surface area contributed by atoms with Gasteiger partial charge < -0.3 is 15.2 Å². The Balaban J connectivity index is 2.17. The Bertz CT molecular complexity index is 762. The number of aromatic nitrogens is 1. The van der Waals surface area contributed by atoms with E-state index in [0.717, 1.165) is 12.3 Å². The molecule has 0 atom stereocenters. The number of rotatable bonds is 5. The Morgan fingerprint density at radius 1 is 1.21 bits per heavy atom. The second kappa shape index (κ2) is 6.99. The number of pyridine rings is 1. The number of para-hydroxylation sites is 2. The zero-order valence-corrected chi connectivity index (χ0v) is 12.0. The van der Waals surface area contributed by atoms with Gasteiger partial charge in [-0.3, -0.25) is 4.79 Å². The van der Waals surface area contributed by atoms with Crippen molar-refractivity contribution < 1.29 is 32.6 Å². The molecule has 6 nitrogen and oxygen atoms in total. The van der Waals surface area contributed by atoms with E-state index in [2.05, 4.69) is 15.0 Å². The number of amides is 1. The summed E-state index contributed by atoms with van der Waals surface area (Å²) in [6.07, 6.45) is -3.37. The number of carboxylic acids is 1. The van der Waals surface area contributed by atoms with Crippen LogP contribution in [0.2, 0.25) is 0 Å². The normalized spacial score (nSPS) is 11.0. The van der Waals surface area contributed by atoms with Crippen molar-refractivity contribution in [3.05, 3.63) is 53.9 Å². The quantitative estimate of drug-likeness (QED) is 0.873. The number of alkyl halides is 3. The molecule has 9 heteroatoms. The highest BCUT2D eigenvalue weighted by molar-refractivity contribution is 6.05. The van der Waals surface area contributed by atoms with Crippen LogP contribution in [0.3, 0.4) is 0 Å². The number of carboxylic acid groups (broad SMARTS) is 1. The molecule has 0 saturated heterocycles. The number of ether oxygens (including phenoxy) is 1. The Kier molecular flexibility index (Phi) is 5.02. The minimum atomic E-state index is -4.52. The zero-order valence-electron chi connectivity index (χ0n) is 12.0. The summed E-state index contributed by atoms with van der Waals surface area (Å²) < 4.78 is 41.4. The van der Waals surface area contributed by atoms with E-state index in [0.29, 0.717) is 0 Å². The lowest BCUT2D eigenvalue weighted by Gasteiger charge is -2.13. The van der Waals surface area contributed by atoms with Crippen molar-refractivity contribution in [2.75, 3.05) is 11.9 Å². The Hall–Kier alpha value is -3.10. The van der Waals surface area contributed by atoms with E-state index in [1.54, 1.807) is 0 Å². The molecule has 0 radical (unpaired) electrons. The number of carbonyl (C=O) groups is 2. The van der Waals surface area contributed by atoms with E-state index in [4.69, 9.17) is 5.11 Å². The van der Waals surface area contributed by atoms with E-state index < -0.39 is 24.7 Å². The molecule has 0 saturated carbocycles. The minimum absolute atomic E-state index is 0.00646. The number of hydrogen-bond donors (Lipinski definition) is 2. The molecule has 2 rings (SSSR count). The molecule has 24 heavy (non-hydrogen) atoms. The predicted molar refractivity (Wildman–Crippen MR) is 77.1 cm³/mol. The molecule has 0 bridgehead atoms. The second-order valence-electron chi connectivity index (χ2n) is 4.59. The van der Waals surface area contributed by atoms with Gasteiger partial charge in [-0.2, -0.15) is 13.2 Å². The summed E-state index contributed by atoms with van der Waals surface area (Å²) >= 11 is 0. The van der Waals surface area contributed by atoms with Crippen LogP contribution in [0.15, 0.2) is 42.6 Å². The van der Waals surface area contributed by atoms with Crippen LogP contribution in [0.4, 0.5) is 18.9 Å². The first-order chi connectivity index (χ1) is 11.3. The molecular weight excluding hydrogens is 329 g/mol. The van der Waals surface area contributed by atoms with Crippen molar-refractivity contribution in [3.63, 3.8) is 0 Å². The summed E-state index contributed by atoms with van der Waals surface area (Å²) in [6.45, 7) is -1.50. The van der Waals surface area contributed by atoms with Gasteiger partial charge in [0.2, 0.25) is 0 Å². The van der Waals surface area contributed by atoms with E-state index >= 15 is 0 Å². The van der Waals surface area contributed by atoms with Crippen LogP contribution in [-0.4, -0.2) is 34.8 Å². The van der Waals surface area contributed by atoms with E-state index in [9.17, 15) is 22.8 Å². The standard InChI is InChI=1S/C15H11F3N2O4/c16-15(17,18)8-24-12-4-2-1-3-10(12)20-13(21)9-5-6-19-11(7-9)14(22)23/h1-7H,8H2,(H,20,21)(H,22,23). The maximum absolute atomic E-state index is 12.2. The molecule has 0 aliphatic carbocycles. The molecule has 0 aliphatic rings. The van der Waals surface area contributed by atoms with Crippen molar-refractivity contribution in [1.82, 2.24) is 4.98 Å². The largest absolute Gasteiger partial charge is 0.482 e. The van der Waals surface area contributed by atoms with Crippen molar-refractivity contribution in [2.45, 2.75) is 6.18 Å². The minimum Gasteiger partial charge on any atom is -0.482 e. The molecule has 126 valence electrons. The van der Waals surface area contributed by atoms with Crippen molar-refractivity contribution >= 4 is 17.6 Å². The van der Waals surface area contributed by atoms with E-state index in [1.165, 1.54) is 30.3 Å². The van der Waals surface area contributed by atoms with Crippen LogP contribution < -0.4 is 10.1 Å². The molecule has 1 aromatic carbocycles. The molecule has 1 heterocycles. The lowest BCUT2D eigenvalue weighted by Crippen LogP contribution is -2.20. The fraction of sp³-hybridized carbons (Fsp3) is 0.133. The number of nitrogens with one attached hydrogen (secondary N) is 1. The zero-order chi connectivity index (χ0) is 17.7. The number of aromatic carboxylic acids is 1. The van der Waals surface area contributed by atoms with E-state index in [-0.39, 0.29) is 22.7 Å². The van der Waals surface area contributed by atoms with Crippen LogP contribution >= 0.6 is 0 Å². The fourth-order valence-electron chi connectivity index (χ4n) is 1.74. The van der Waals surface area contributed by atoms with Crippen LogP contribution in [0, 0.1) is 0 Å². The number of anilines is 1. The smallest absolute Gasteiger partial charge is 0.422 e. The average molecular weight is 340 g/mol. The first-order valence-electron chi connectivity index (χ1n) is 6.55. The van der Waals surface area contributed by atoms with Gasteiger partial charge in [0.05, 0.1) is 5.69 Å². The highest BCUT2D eigenvalue weighted by Gasteiger charge is 2.29. The van der Waals surface area contributed by atoms with Gasteiger partial charge >= 0.3 is 12.1 Å². The number of benzene rings is 1. The first-order valence-corrected chi connectivity index (χ1v) is 6.55. The van der Waals surface area contributed by atoms with Crippen molar-refractivity contribution in [1.29, 1.82) is 0 Å². The number of nitrogens with zero attached hydrogens (tertiary/aromatic N) is 1. The monoisotopic (exact) mass is 340 g/mol. The Morgan fingerprint density at radius 3 is 2.58 bits per heavy atom. The molecule has 0 unspecified atom stereocenters. The highest BCUT2D eigenvalue weighted by Crippen LogP contribution is 2.26. The first kappa shape index (κ1) is 17.3. The predicted octanol–water partition coefficient (Wildman–Crippen LogP) is 2.97. The third kappa shape index (κ3) is 4.70. The highest BCUT2D eigenvalue weighted by atomic mass is 19.4. The van der Waals surface area contributed by atoms with Crippen molar-refractivity contribution in [3.8, 4) is 5.75 Å². The van der Waals surface area contributed by atoms with Gasteiger partial charge in [-0.05, 0) is 24.3 Å². The average Bonchev–Trinajstić information content (AvgIpc) is 2.53. The molecule has 2 N–H and O–H groups in total. The van der Waals surface area contributed by atoms with Crippen LogP contribution in [0.25, 0.3) is 0 Å². The summed E-state index contributed by atoms with van der Waals surface area (Å²) in [5.41, 5.74) is -0.308. The Morgan fingerprint density at radius 2 is 1.92 bits per heavy atom. The lowest BCUT2D eigenvalue weighted by molar-refractivity contribution is -0.153. The molecule has 1 amide bonds. The van der Waals surface area contributed by atoms with Gasteiger partial charge in [0.1, 0.15) is 11.4 Å². The van der Waals surface area contributed by atoms with E-state index in [1.807, 2.05) is 0 Å². The molecule has 1 aromatic heterocycles. The summed E-state index contributed by atoms with van der Waals surface area (Å²) in [7, 11) is 0. The molecule has 0 fully saturated rings. The van der Waals surface area contributed by atoms with Gasteiger partial charge in [-0.15, -0.1) is 0 Å². The molecule has 2 aromatic rings. The maximum Gasteiger partial charge on any atom is 0.422 e. The number of carbonyl (C=O) groups excluding carboxylic acids is 1. The fourth-order valence-corrected chi connectivity index (χ4v) is 1.74. The van der Waals surface area contributed by atoms with Crippen LogP contribution in [-0.2, 0) is 0 Å². The molecule has 0 spiro atoms. The second-order valence-corrected chi connectivity index (χ2v) is 4.59. The lowest BCUT2D eigenvalue weighted by atomic mass is 10.2. The third-order valence-electron chi connectivity index (χ3n) is 2.77. The van der Waals surface area contributed by atoms with Crippen LogP contribution in [0.5, 0.6) is 5.75 Å². The summed E-state index contributed by atoms with van der Waals surface area (Å²) in [5, 5.41) is 11.2. The van der Waals surface area contributed by atoms with Gasteiger partial charge in [0.25, 0.3) is 5.91 Å². The third-order valence-corrected chi connectivity index (χ3v) is 2.77. The number of halogens is 3.